The molecular weight excluding hydrogens is 415 g/mol. The molecule has 1 aromatic heterocycles. The van der Waals surface area contributed by atoms with Crippen molar-refractivity contribution in [1.29, 1.82) is 0 Å². The Morgan fingerprint density at radius 3 is 2.32 bits per heavy atom. The Hall–Kier alpha value is -3.53. The first-order valence-electron chi connectivity index (χ1n) is 9.37. The van der Waals surface area contributed by atoms with Crippen LogP contribution in [0.5, 0.6) is 17.2 Å². The fraction of sp³-hybridized carbons (Fsp3) is 0.238. The topological polar surface area (TPSA) is 110 Å². The van der Waals surface area contributed by atoms with Gasteiger partial charge in [0, 0.05) is 48.5 Å². The molecule has 10 heteroatoms. The maximum absolute atomic E-state index is 12.8. The van der Waals surface area contributed by atoms with Gasteiger partial charge in [0.1, 0.15) is 23.1 Å². The summed E-state index contributed by atoms with van der Waals surface area (Å²) in [5.74, 6) is -0.619. The third-order valence-electron chi connectivity index (χ3n) is 5.21. The summed E-state index contributed by atoms with van der Waals surface area (Å²) in [6.07, 6.45) is -4.08. The molecular formula is C21H18F3N3O4. The highest BCUT2D eigenvalue weighted by atomic mass is 19.4. The third kappa shape index (κ3) is 4.19. The number of alkyl halides is 3. The monoisotopic (exact) mass is 433 g/mol. The number of aromatic amines is 1. The summed E-state index contributed by atoms with van der Waals surface area (Å²) < 4.78 is 38.4. The number of aromatic nitrogens is 2. The number of phenols is 3. The van der Waals surface area contributed by atoms with Crippen LogP contribution in [0.15, 0.2) is 41.2 Å². The summed E-state index contributed by atoms with van der Waals surface area (Å²) in [6, 6.07) is 6.60. The maximum Gasteiger partial charge on any atom is 0.416 e. The molecule has 2 aromatic carbocycles. The van der Waals surface area contributed by atoms with Gasteiger partial charge < -0.3 is 20.3 Å². The van der Waals surface area contributed by atoms with Crippen molar-refractivity contribution >= 4 is 0 Å². The van der Waals surface area contributed by atoms with E-state index in [0.29, 0.717) is 29.8 Å². The summed E-state index contributed by atoms with van der Waals surface area (Å²) >= 11 is 0. The van der Waals surface area contributed by atoms with Crippen molar-refractivity contribution in [3.63, 3.8) is 0 Å². The van der Waals surface area contributed by atoms with Gasteiger partial charge >= 0.3 is 6.18 Å². The quantitative estimate of drug-likeness (QED) is 0.505. The largest absolute Gasteiger partial charge is 0.508 e. The molecule has 0 saturated heterocycles. The minimum Gasteiger partial charge on any atom is -0.508 e. The van der Waals surface area contributed by atoms with Gasteiger partial charge in [-0.3, -0.25) is 9.69 Å². The van der Waals surface area contributed by atoms with Crippen molar-refractivity contribution in [3.8, 4) is 28.6 Å². The van der Waals surface area contributed by atoms with Crippen LogP contribution >= 0.6 is 0 Å². The average Bonchev–Trinajstić information content (AvgIpc) is 2.70. The number of nitrogens with one attached hydrogen (secondary N) is 1. The van der Waals surface area contributed by atoms with Crippen molar-refractivity contribution in [3.05, 3.63) is 69.1 Å². The Morgan fingerprint density at radius 1 is 1.06 bits per heavy atom. The number of aromatic hydroxyl groups is 3. The molecule has 0 unspecified atom stereocenters. The minimum atomic E-state index is -4.46. The summed E-state index contributed by atoms with van der Waals surface area (Å²) in [4.78, 5) is 21.4. The number of nitrogens with zero attached hydrogens (tertiary/aromatic N) is 2. The summed E-state index contributed by atoms with van der Waals surface area (Å²) in [6.45, 7) is 0.866. The van der Waals surface area contributed by atoms with Gasteiger partial charge in [0.15, 0.2) is 0 Å². The zero-order chi connectivity index (χ0) is 22.3. The predicted molar refractivity (Wildman–Crippen MR) is 105 cm³/mol. The molecule has 0 atom stereocenters. The second-order valence-electron chi connectivity index (χ2n) is 7.34. The first-order chi connectivity index (χ1) is 14.6. The molecule has 0 fully saturated rings. The Balaban J connectivity index is 1.61. The SMILES string of the molecule is O=c1[nH]c(-c2ccc(C(F)(F)F)cc2)nc2c1CCN(Cc1c(O)cc(O)cc1O)C2. The molecule has 0 bridgehead atoms. The number of rotatable bonds is 3. The van der Waals surface area contributed by atoms with Crippen LogP contribution in [0.25, 0.3) is 11.4 Å². The van der Waals surface area contributed by atoms with Crippen LogP contribution in [-0.2, 0) is 25.7 Å². The Labute approximate surface area is 174 Å². The van der Waals surface area contributed by atoms with Gasteiger partial charge in [-0.25, -0.2) is 4.98 Å². The van der Waals surface area contributed by atoms with Gasteiger partial charge in [0.05, 0.1) is 11.3 Å². The summed E-state index contributed by atoms with van der Waals surface area (Å²) in [7, 11) is 0. The molecule has 0 amide bonds. The molecule has 2 heterocycles. The molecule has 0 spiro atoms. The van der Waals surface area contributed by atoms with Crippen molar-refractivity contribution in [2.75, 3.05) is 6.54 Å². The number of hydrogen-bond acceptors (Lipinski definition) is 6. The van der Waals surface area contributed by atoms with E-state index >= 15 is 0 Å². The predicted octanol–water partition coefficient (Wildman–Crippen LogP) is 3.13. The molecule has 1 aliphatic rings. The summed E-state index contributed by atoms with van der Waals surface area (Å²) in [5, 5.41) is 29.5. The molecule has 7 nitrogen and oxygen atoms in total. The fourth-order valence-electron chi connectivity index (χ4n) is 3.60. The van der Waals surface area contributed by atoms with Crippen LogP contribution < -0.4 is 5.56 Å². The highest BCUT2D eigenvalue weighted by molar-refractivity contribution is 5.56. The van der Waals surface area contributed by atoms with Gasteiger partial charge in [0.25, 0.3) is 5.56 Å². The zero-order valence-electron chi connectivity index (χ0n) is 16.1. The molecule has 4 rings (SSSR count). The molecule has 162 valence electrons. The number of halogens is 3. The van der Waals surface area contributed by atoms with E-state index in [0.717, 1.165) is 24.3 Å². The van der Waals surface area contributed by atoms with Gasteiger partial charge in [-0.1, -0.05) is 12.1 Å². The lowest BCUT2D eigenvalue weighted by atomic mass is 10.0. The van der Waals surface area contributed by atoms with Gasteiger partial charge in [0.2, 0.25) is 0 Å². The number of phenolic OH excluding ortho intramolecular Hbond substituents is 3. The molecule has 0 radical (unpaired) electrons. The van der Waals surface area contributed by atoms with Crippen LogP contribution in [0.4, 0.5) is 13.2 Å². The molecule has 31 heavy (non-hydrogen) atoms. The second kappa shape index (κ2) is 7.62. The van der Waals surface area contributed by atoms with E-state index in [-0.39, 0.29) is 47.3 Å². The van der Waals surface area contributed by atoms with E-state index in [4.69, 9.17) is 0 Å². The van der Waals surface area contributed by atoms with Crippen molar-refractivity contribution in [2.24, 2.45) is 0 Å². The fourth-order valence-corrected chi connectivity index (χ4v) is 3.60. The van der Waals surface area contributed by atoms with Crippen LogP contribution in [0.1, 0.15) is 22.4 Å². The standard InChI is InChI=1S/C21H18F3N3O4/c22-21(23,24)12-3-1-11(2-4-12)19-25-16-10-27(6-5-14(16)20(31)26-19)9-15-17(29)7-13(28)8-18(15)30/h1-4,7-8,28-30H,5-6,9-10H2,(H,25,26,31). The van der Waals surface area contributed by atoms with Crippen molar-refractivity contribution in [2.45, 2.75) is 25.7 Å². The van der Waals surface area contributed by atoms with Crippen LogP contribution in [-0.4, -0.2) is 36.7 Å². The van der Waals surface area contributed by atoms with E-state index < -0.39 is 11.7 Å². The van der Waals surface area contributed by atoms with Gasteiger partial charge in [-0.15, -0.1) is 0 Å². The molecule has 0 aliphatic carbocycles. The lowest BCUT2D eigenvalue weighted by molar-refractivity contribution is -0.137. The Bertz CT molecular complexity index is 1170. The summed E-state index contributed by atoms with van der Waals surface area (Å²) in [5.41, 5.74) is 0.396. The number of hydrogen-bond donors (Lipinski definition) is 4. The normalized spacial score (nSPS) is 14.4. The first-order valence-corrected chi connectivity index (χ1v) is 9.37. The number of benzene rings is 2. The molecule has 4 N–H and O–H groups in total. The highest BCUT2D eigenvalue weighted by Gasteiger charge is 2.30. The molecule has 3 aromatic rings. The Morgan fingerprint density at radius 2 is 1.71 bits per heavy atom. The highest BCUT2D eigenvalue weighted by Crippen LogP contribution is 2.34. The number of fused-ring (bicyclic) bond motifs is 1. The van der Waals surface area contributed by atoms with Crippen LogP contribution in [0, 0.1) is 0 Å². The van der Waals surface area contributed by atoms with Crippen molar-refractivity contribution in [1.82, 2.24) is 14.9 Å². The first kappa shape index (κ1) is 20.7. The van der Waals surface area contributed by atoms with E-state index in [2.05, 4.69) is 9.97 Å². The third-order valence-corrected chi connectivity index (χ3v) is 5.21. The van der Waals surface area contributed by atoms with E-state index in [1.165, 1.54) is 12.1 Å². The zero-order valence-corrected chi connectivity index (χ0v) is 16.1. The number of H-pyrrole nitrogens is 1. The van der Waals surface area contributed by atoms with Gasteiger partial charge in [-0.05, 0) is 18.6 Å². The van der Waals surface area contributed by atoms with Crippen LogP contribution in [0.3, 0.4) is 0 Å². The van der Waals surface area contributed by atoms with E-state index in [1.807, 2.05) is 4.90 Å². The van der Waals surface area contributed by atoms with E-state index in [9.17, 15) is 33.3 Å². The van der Waals surface area contributed by atoms with Gasteiger partial charge in [-0.2, -0.15) is 13.2 Å². The van der Waals surface area contributed by atoms with Crippen molar-refractivity contribution < 1.29 is 28.5 Å². The maximum atomic E-state index is 12.8. The molecule has 1 aliphatic heterocycles. The average molecular weight is 433 g/mol. The lowest BCUT2D eigenvalue weighted by Crippen LogP contribution is -2.35. The molecule has 0 saturated carbocycles. The second-order valence-corrected chi connectivity index (χ2v) is 7.34. The smallest absolute Gasteiger partial charge is 0.416 e. The van der Waals surface area contributed by atoms with Crippen LogP contribution in [0.2, 0.25) is 0 Å². The van der Waals surface area contributed by atoms with E-state index in [1.54, 1.807) is 0 Å². The lowest BCUT2D eigenvalue weighted by Gasteiger charge is -2.28. The minimum absolute atomic E-state index is 0.154. The Kier molecular flexibility index (Phi) is 5.10.